The van der Waals surface area contributed by atoms with Crippen molar-refractivity contribution >= 4 is 22.6 Å². The molecule has 8 heteroatoms. The minimum Gasteiger partial charge on any atom is -0.351 e. The van der Waals surface area contributed by atoms with Crippen LogP contribution in [0.2, 0.25) is 0 Å². The largest absolute Gasteiger partial charge is 0.419 e. The highest BCUT2D eigenvalue weighted by Gasteiger charge is 2.31. The Kier molecular flexibility index (Phi) is 5.07. The van der Waals surface area contributed by atoms with Crippen molar-refractivity contribution in [2.24, 2.45) is 0 Å². The predicted molar refractivity (Wildman–Crippen MR) is 96.6 cm³/mol. The summed E-state index contributed by atoms with van der Waals surface area (Å²) < 4.78 is 37.5. The first kappa shape index (κ1) is 18.8. The Hall–Kier alpha value is -3.03. The van der Waals surface area contributed by atoms with Crippen LogP contribution in [-0.2, 0) is 6.18 Å². The molecule has 3 aromatic rings. The molecule has 1 amide bonds. The second-order valence-electron chi connectivity index (χ2n) is 6.40. The van der Waals surface area contributed by atoms with Crippen molar-refractivity contribution in [2.45, 2.75) is 20.0 Å². The van der Waals surface area contributed by atoms with Gasteiger partial charge in [0.2, 0.25) is 0 Å². The van der Waals surface area contributed by atoms with E-state index in [1.54, 1.807) is 0 Å². The number of amides is 1. The van der Waals surface area contributed by atoms with E-state index in [0.29, 0.717) is 24.6 Å². The maximum atomic E-state index is 12.5. The first-order valence-electron chi connectivity index (χ1n) is 8.45. The fourth-order valence-corrected chi connectivity index (χ4v) is 2.90. The average molecular weight is 377 g/mol. The number of benzene rings is 1. The topological polar surface area (TPSA) is 71.1 Å². The van der Waals surface area contributed by atoms with Crippen LogP contribution >= 0.6 is 0 Å². The molecule has 0 aliphatic heterocycles. The van der Waals surface area contributed by atoms with E-state index in [1.807, 2.05) is 26.0 Å². The molecule has 0 spiro atoms. The molecule has 0 saturated heterocycles. The number of aromatic nitrogens is 2. The molecule has 5 nitrogen and oxygen atoms in total. The maximum Gasteiger partial charge on any atom is 0.419 e. The molecule has 0 aliphatic carbocycles. The number of aromatic amines is 2. The van der Waals surface area contributed by atoms with Crippen LogP contribution in [0.3, 0.4) is 0 Å². The first-order chi connectivity index (χ1) is 12.7. The number of nitrogens with one attached hydrogen (secondary N) is 4. The standard InChI is InChI=1S/C19H19F3N4O/c1-11-7-12(2)14-9-16(26-15(14)8-11)18(27)24-6-5-23-17-4-3-13(10-25-17)19(20,21)22/h3-4,7-10,26H,5-6H2,1-2H3,(H,23,25)(H,24,27)/p+1. The number of anilines is 1. The number of fused-ring (bicyclic) bond motifs is 1. The van der Waals surface area contributed by atoms with Crippen LogP contribution in [0.5, 0.6) is 0 Å². The summed E-state index contributed by atoms with van der Waals surface area (Å²) in [7, 11) is 0. The molecule has 0 radical (unpaired) electrons. The minimum absolute atomic E-state index is 0.235. The van der Waals surface area contributed by atoms with Crippen molar-refractivity contribution in [2.75, 3.05) is 18.4 Å². The van der Waals surface area contributed by atoms with Gasteiger partial charge in [0.1, 0.15) is 18.4 Å². The highest BCUT2D eigenvalue weighted by Crippen LogP contribution is 2.28. The van der Waals surface area contributed by atoms with Crippen LogP contribution in [0.25, 0.3) is 10.9 Å². The zero-order valence-corrected chi connectivity index (χ0v) is 14.9. The summed E-state index contributed by atoms with van der Waals surface area (Å²) in [5, 5.41) is 6.70. The highest BCUT2D eigenvalue weighted by atomic mass is 19.4. The van der Waals surface area contributed by atoms with Gasteiger partial charge in [-0.2, -0.15) is 13.2 Å². The number of hydrogen-bond donors (Lipinski definition) is 3. The second kappa shape index (κ2) is 7.30. The molecule has 2 aromatic heterocycles. The van der Waals surface area contributed by atoms with Gasteiger partial charge in [-0.25, -0.2) is 4.98 Å². The molecule has 0 saturated carbocycles. The molecule has 27 heavy (non-hydrogen) atoms. The number of aryl methyl sites for hydroxylation is 2. The van der Waals surface area contributed by atoms with Gasteiger partial charge in [-0.1, -0.05) is 6.07 Å². The molecule has 142 valence electrons. The average Bonchev–Trinajstić information content (AvgIpc) is 3.02. The summed E-state index contributed by atoms with van der Waals surface area (Å²) >= 11 is 0. The van der Waals surface area contributed by atoms with Crippen LogP contribution in [0.15, 0.2) is 36.5 Å². The number of carbonyl (C=O) groups excluding carboxylic acids is 1. The summed E-state index contributed by atoms with van der Waals surface area (Å²) in [6.07, 6.45) is -3.48. The van der Waals surface area contributed by atoms with Crippen LogP contribution in [0, 0.1) is 13.8 Å². The Morgan fingerprint density at radius 2 is 1.93 bits per heavy atom. The van der Waals surface area contributed by atoms with E-state index in [1.165, 1.54) is 6.07 Å². The summed E-state index contributed by atoms with van der Waals surface area (Å²) in [6, 6.07) is 8.17. The molecule has 0 unspecified atom stereocenters. The van der Waals surface area contributed by atoms with Crippen LogP contribution in [0.1, 0.15) is 27.2 Å². The van der Waals surface area contributed by atoms with E-state index in [2.05, 4.69) is 26.7 Å². The fourth-order valence-electron chi connectivity index (χ4n) is 2.90. The fraction of sp³-hybridized carbons (Fsp3) is 0.263. The third-order valence-electron chi connectivity index (χ3n) is 4.20. The summed E-state index contributed by atoms with van der Waals surface area (Å²) in [5.41, 5.74) is 2.85. The van der Waals surface area contributed by atoms with Gasteiger partial charge in [-0.05, 0) is 43.2 Å². The van der Waals surface area contributed by atoms with Gasteiger partial charge < -0.3 is 10.3 Å². The lowest BCUT2D eigenvalue weighted by Crippen LogP contribution is -2.30. The quantitative estimate of drug-likeness (QED) is 0.596. The van der Waals surface area contributed by atoms with Gasteiger partial charge in [-0.15, -0.1) is 0 Å². The molecule has 0 aliphatic rings. The molecular formula is C19H20F3N4O+. The van der Waals surface area contributed by atoms with Gasteiger partial charge >= 0.3 is 6.18 Å². The lowest BCUT2D eigenvalue weighted by molar-refractivity contribution is -0.364. The Morgan fingerprint density at radius 1 is 1.15 bits per heavy atom. The number of rotatable bonds is 5. The monoisotopic (exact) mass is 377 g/mol. The van der Waals surface area contributed by atoms with Crippen molar-refractivity contribution in [3.05, 3.63) is 58.9 Å². The van der Waals surface area contributed by atoms with Crippen molar-refractivity contribution in [3.8, 4) is 0 Å². The Labute approximate surface area is 154 Å². The SMILES string of the molecule is Cc1cc(C)c2cc(C(=O)NCCNc3ccc(C(F)(F)F)c[nH+]3)[nH]c2c1. The molecule has 2 heterocycles. The zero-order chi connectivity index (χ0) is 19.6. The number of alkyl halides is 3. The maximum absolute atomic E-state index is 12.5. The first-order valence-corrected chi connectivity index (χ1v) is 8.45. The number of pyridine rings is 1. The van der Waals surface area contributed by atoms with Crippen molar-refractivity contribution in [1.29, 1.82) is 0 Å². The van der Waals surface area contributed by atoms with E-state index in [-0.39, 0.29) is 5.91 Å². The number of carbonyl (C=O) groups is 1. The van der Waals surface area contributed by atoms with E-state index < -0.39 is 11.7 Å². The third-order valence-corrected chi connectivity index (χ3v) is 4.20. The van der Waals surface area contributed by atoms with Gasteiger partial charge in [0.25, 0.3) is 11.7 Å². The Morgan fingerprint density at radius 3 is 2.59 bits per heavy atom. The van der Waals surface area contributed by atoms with Crippen molar-refractivity contribution in [3.63, 3.8) is 0 Å². The summed E-state index contributed by atoms with van der Waals surface area (Å²) in [5.74, 6) is 0.204. The zero-order valence-electron chi connectivity index (χ0n) is 14.9. The minimum atomic E-state index is -4.38. The van der Waals surface area contributed by atoms with Gasteiger partial charge in [-0.3, -0.25) is 10.1 Å². The van der Waals surface area contributed by atoms with Crippen molar-refractivity contribution < 1.29 is 22.9 Å². The van der Waals surface area contributed by atoms with Crippen LogP contribution in [-0.4, -0.2) is 24.0 Å². The Bertz CT molecular complexity index is 961. The smallest absolute Gasteiger partial charge is 0.351 e. The van der Waals surface area contributed by atoms with Crippen LogP contribution in [0.4, 0.5) is 19.0 Å². The van der Waals surface area contributed by atoms with E-state index in [0.717, 1.165) is 34.3 Å². The van der Waals surface area contributed by atoms with Gasteiger partial charge in [0.05, 0.1) is 12.1 Å². The van der Waals surface area contributed by atoms with E-state index >= 15 is 0 Å². The normalized spacial score (nSPS) is 11.6. The van der Waals surface area contributed by atoms with E-state index in [9.17, 15) is 18.0 Å². The highest BCUT2D eigenvalue weighted by molar-refractivity contribution is 5.99. The molecule has 4 N–H and O–H groups in total. The molecule has 0 fully saturated rings. The molecular weight excluding hydrogens is 357 g/mol. The van der Waals surface area contributed by atoms with E-state index in [4.69, 9.17) is 0 Å². The second-order valence-corrected chi connectivity index (χ2v) is 6.40. The van der Waals surface area contributed by atoms with Gasteiger partial charge in [0, 0.05) is 17.0 Å². The molecule has 0 atom stereocenters. The number of hydrogen-bond acceptors (Lipinski definition) is 2. The molecule has 3 rings (SSSR count). The number of H-pyrrole nitrogens is 2. The number of halogens is 3. The van der Waals surface area contributed by atoms with Gasteiger partial charge in [0.15, 0.2) is 0 Å². The lowest BCUT2D eigenvalue weighted by Gasteiger charge is -2.05. The molecule has 1 aromatic carbocycles. The lowest BCUT2D eigenvalue weighted by atomic mass is 10.1. The summed E-state index contributed by atoms with van der Waals surface area (Å²) in [6.45, 7) is 4.68. The molecule has 0 bridgehead atoms. The van der Waals surface area contributed by atoms with Crippen LogP contribution < -0.4 is 15.6 Å². The Balaban J connectivity index is 1.53. The third kappa shape index (κ3) is 4.39. The van der Waals surface area contributed by atoms with Crippen molar-refractivity contribution in [1.82, 2.24) is 10.3 Å². The predicted octanol–water partition coefficient (Wildman–Crippen LogP) is 3.46. The summed E-state index contributed by atoms with van der Waals surface area (Å²) in [4.78, 5) is 17.9.